The zero-order valence-corrected chi connectivity index (χ0v) is 9.30. The van der Waals surface area contributed by atoms with Crippen LogP contribution in [0.4, 0.5) is 0 Å². The molecule has 1 amide bonds. The lowest BCUT2D eigenvalue weighted by Crippen LogP contribution is -2.36. The lowest BCUT2D eigenvalue weighted by Gasteiger charge is -2.18. The molecule has 80 valence electrons. The quantitative estimate of drug-likeness (QED) is 0.537. The maximum atomic E-state index is 11.5. The van der Waals surface area contributed by atoms with Gasteiger partial charge >= 0.3 is 5.97 Å². The fourth-order valence-electron chi connectivity index (χ4n) is 0.661. The fourth-order valence-corrected chi connectivity index (χ4v) is 0.661. The van der Waals surface area contributed by atoms with Crippen molar-refractivity contribution in [2.75, 3.05) is 7.11 Å². The number of hydrogen-bond acceptors (Lipinski definition) is 3. The third-order valence-electron chi connectivity index (χ3n) is 1.62. The minimum Gasteiger partial charge on any atom is -0.464 e. The summed E-state index contributed by atoms with van der Waals surface area (Å²) in [5.74, 6) is -0.749. The Morgan fingerprint density at radius 3 is 2.07 bits per heavy atom. The van der Waals surface area contributed by atoms with Crippen molar-refractivity contribution in [3.63, 3.8) is 0 Å². The van der Waals surface area contributed by atoms with E-state index in [9.17, 15) is 9.59 Å². The van der Waals surface area contributed by atoms with Crippen molar-refractivity contribution in [1.82, 2.24) is 5.32 Å². The van der Waals surface area contributed by atoms with Crippen molar-refractivity contribution in [2.24, 2.45) is 5.41 Å². The van der Waals surface area contributed by atoms with Crippen molar-refractivity contribution in [3.05, 3.63) is 11.8 Å². The first-order chi connectivity index (χ1) is 6.32. The predicted molar refractivity (Wildman–Crippen MR) is 53.4 cm³/mol. The van der Waals surface area contributed by atoms with Crippen molar-refractivity contribution in [1.29, 1.82) is 0 Å². The first-order valence-electron chi connectivity index (χ1n) is 4.39. The number of esters is 1. The zero-order chi connectivity index (χ0) is 11.4. The normalized spacial score (nSPS) is 12.2. The summed E-state index contributed by atoms with van der Waals surface area (Å²) in [5.41, 5.74) is -0.352. The van der Waals surface area contributed by atoms with Crippen LogP contribution in [-0.4, -0.2) is 19.0 Å². The second kappa shape index (κ2) is 4.79. The fraction of sp³-hybridized carbons (Fsp3) is 0.600. The molecule has 14 heavy (non-hydrogen) atoms. The Hall–Kier alpha value is -1.32. The Labute approximate surface area is 84.3 Å². The van der Waals surface area contributed by atoms with E-state index in [1.54, 1.807) is 27.7 Å². The molecular weight excluding hydrogens is 182 g/mol. The second-order valence-electron chi connectivity index (χ2n) is 3.90. The van der Waals surface area contributed by atoms with E-state index in [2.05, 4.69) is 10.1 Å². The van der Waals surface area contributed by atoms with Gasteiger partial charge in [-0.3, -0.25) is 4.79 Å². The van der Waals surface area contributed by atoms with Crippen LogP contribution in [0.3, 0.4) is 0 Å². The number of hydrogen-bond donors (Lipinski definition) is 1. The molecule has 0 aliphatic rings. The Balaban J connectivity index is 4.52. The summed E-state index contributed by atoms with van der Waals surface area (Å²) in [6.07, 6.45) is 1.51. The van der Waals surface area contributed by atoms with E-state index < -0.39 is 11.4 Å². The van der Waals surface area contributed by atoms with Crippen molar-refractivity contribution in [2.45, 2.75) is 27.7 Å². The standard InChI is InChI=1S/C10H17NO3/c1-6-7(8(12)14-5)11-9(13)10(2,3)4/h6H,1-5H3,(H,11,13)/b7-6+. The van der Waals surface area contributed by atoms with Crippen molar-refractivity contribution >= 4 is 11.9 Å². The maximum absolute atomic E-state index is 11.5. The summed E-state index contributed by atoms with van der Waals surface area (Å²) in [5, 5.41) is 2.50. The minimum absolute atomic E-state index is 0.174. The maximum Gasteiger partial charge on any atom is 0.354 e. The van der Waals surface area contributed by atoms with Crippen LogP contribution >= 0.6 is 0 Å². The van der Waals surface area contributed by atoms with Crippen LogP contribution in [0.25, 0.3) is 0 Å². The molecule has 4 heteroatoms. The molecular formula is C10H17NO3. The molecule has 0 aliphatic carbocycles. The molecule has 0 spiro atoms. The first kappa shape index (κ1) is 12.7. The highest BCUT2D eigenvalue weighted by Gasteiger charge is 2.23. The van der Waals surface area contributed by atoms with E-state index in [0.29, 0.717) is 0 Å². The summed E-state index contributed by atoms with van der Waals surface area (Å²) in [7, 11) is 1.27. The van der Waals surface area contributed by atoms with Crippen molar-refractivity contribution in [3.8, 4) is 0 Å². The number of nitrogens with one attached hydrogen (secondary N) is 1. The molecule has 0 aromatic carbocycles. The molecule has 0 bridgehead atoms. The van der Waals surface area contributed by atoms with E-state index >= 15 is 0 Å². The molecule has 0 aromatic heterocycles. The molecule has 0 unspecified atom stereocenters. The second-order valence-corrected chi connectivity index (χ2v) is 3.90. The summed E-state index contributed by atoms with van der Waals surface area (Å²) < 4.78 is 4.49. The van der Waals surface area contributed by atoms with Gasteiger partial charge in [-0.05, 0) is 6.92 Å². The average molecular weight is 199 g/mol. The van der Waals surface area contributed by atoms with Gasteiger partial charge in [0.05, 0.1) is 7.11 Å². The van der Waals surface area contributed by atoms with Gasteiger partial charge in [0.2, 0.25) is 5.91 Å². The third kappa shape index (κ3) is 3.60. The largest absolute Gasteiger partial charge is 0.464 e. The molecule has 4 nitrogen and oxygen atoms in total. The SMILES string of the molecule is C/C=C(/NC(=O)C(C)(C)C)C(=O)OC. The van der Waals surface area contributed by atoms with E-state index in [-0.39, 0.29) is 11.6 Å². The summed E-state index contributed by atoms with van der Waals surface area (Å²) in [6, 6.07) is 0. The van der Waals surface area contributed by atoms with E-state index in [4.69, 9.17) is 0 Å². The van der Waals surface area contributed by atoms with Crippen LogP contribution in [-0.2, 0) is 14.3 Å². The Morgan fingerprint density at radius 2 is 1.79 bits per heavy atom. The van der Waals surface area contributed by atoms with E-state index in [0.717, 1.165) is 0 Å². The van der Waals surface area contributed by atoms with Gasteiger partial charge in [-0.15, -0.1) is 0 Å². The lowest BCUT2D eigenvalue weighted by molar-refractivity contribution is -0.138. The topological polar surface area (TPSA) is 55.4 Å². The third-order valence-corrected chi connectivity index (χ3v) is 1.62. The number of methoxy groups -OCH3 is 1. The van der Waals surface area contributed by atoms with Gasteiger partial charge in [-0.2, -0.15) is 0 Å². The Bertz CT molecular complexity index is 261. The highest BCUT2D eigenvalue weighted by molar-refractivity contribution is 5.95. The monoisotopic (exact) mass is 199 g/mol. The average Bonchev–Trinajstić information content (AvgIpc) is 2.10. The molecule has 0 saturated carbocycles. The Kier molecular flexibility index (Phi) is 4.34. The number of allylic oxidation sites excluding steroid dienone is 1. The number of carbonyl (C=O) groups is 2. The van der Waals surface area contributed by atoms with Gasteiger partial charge in [-0.25, -0.2) is 4.79 Å². The summed E-state index contributed by atoms with van der Waals surface area (Å²) in [4.78, 5) is 22.6. The van der Waals surface area contributed by atoms with Crippen LogP contribution in [0.2, 0.25) is 0 Å². The molecule has 1 N–H and O–H groups in total. The van der Waals surface area contributed by atoms with Crippen LogP contribution in [0.5, 0.6) is 0 Å². The summed E-state index contributed by atoms with van der Waals surface area (Å²) in [6.45, 7) is 6.97. The zero-order valence-electron chi connectivity index (χ0n) is 9.30. The molecule has 0 heterocycles. The number of rotatable bonds is 2. The van der Waals surface area contributed by atoms with E-state index in [1.165, 1.54) is 13.2 Å². The van der Waals surface area contributed by atoms with Gasteiger partial charge in [0, 0.05) is 5.41 Å². The number of amides is 1. The van der Waals surface area contributed by atoms with Crippen molar-refractivity contribution < 1.29 is 14.3 Å². The molecule has 0 atom stereocenters. The molecule has 0 saturated heterocycles. The van der Waals surface area contributed by atoms with Crippen LogP contribution in [0.1, 0.15) is 27.7 Å². The first-order valence-corrected chi connectivity index (χ1v) is 4.39. The molecule has 0 aromatic rings. The molecule has 0 aliphatic heterocycles. The van der Waals surface area contributed by atoms with Gasteiger partial charge in [-0.1, -0.05) is 26.8 Å². The predicted octanol–water partition coefficient (Wildman–Crippen LogP) is 1.23. The number of carbonyl (C=O) groups excluding carboxylic acids is 2. The van der Waals surface area contributed by atoms with Gasteiger partial charge in [0.1, 0.15) is 5.70 Å². The van der Waals surface area contributed by atoms with E-state index in [1.807, 2.05) is 0 Å². The lowest BCUT2D eigenvalue weighted by atomic mass is 9.95. The molecule has 0 radical (unpaired) electrons. The smallest absolute Gasteiger partial charge is 0.354 e. The number of ether oxygens (including phenoxy) is 1. The molecule has 0 rings (SSSR count). The van der Waals surface area contributed by atoms with Crippen LogP contribution in [0, 0.1) is 5.41 Å². The highest BCUT2D eigenvalue weighted by Crippen LogP contribution is 2.13. The Morgan fingerprint density at radius 1 is 1.29 bits per heavy atom. The highest BCUT2D eigenvalue weighted by atomic mass is 16.5. The van der Waals surface area contributed by atoms with Crippen LogP contribution < -0.4 is 5.32 Å². The molecule has 0 fully saturated rings. The van der Waals surface area contributed by atoms with Gasteiger partial charge < -0.3 is 10.1 Å². The van der Waals surface area contributed by atoms with Crippen LogP contribution in [0.15, 0.2) is 11.8 Å². The summed E-state index contributed by atoms with van der Waals surface area (Å²) >= 11 is 0. The van der Waals surface area contributed by atoms with Gasteiger partial charge in [0.25, 0.3) is 0 Å². The minimum atomic E-state index is -0.537. The van der Waals surface area contributed by atoms with Gasteiger partial charge in [0.15, 0.2) is 0 Å².